The van der Waals surface area contributed by atoms with Gasteiger partial charge in [0.15, 0.2) is 5.78 Å². The first-order valence-electron chi connectivity index (χ1n) is 5.31. The van der Waals surface area contributed by atoms with Crippen molar-refractivity contribution >= 4 is 11.9 Å². The molecule has 1 aliphatic carbocycles. The molecule has 0 spiro atoms. The molecule has 0 aromatic heterocycles. The molecule has 0 fully saturated rings. The van der Waals surface area contributed by atoms with Crippen molar-refractivity contribution in [2.75, 3.05) is 0 Å². The van der Waals surface area contributed by atoms with Crippen LogP contribution < -0.4 is 0 Å². The second-order valence-corrected chi connectivity index (χ2v) is 5.14. The highest BCUT2D eigenvalue weighted by Crippen LogP contribution is 2.26. The third kappa shape index (κ3) is 2.01. The number of hydrogen-bond acceptors (Lipinski definition) is 1. The molecule has 0 N–H and O–H groups in total. The Hall–Kier alpha value is -1.37. The van der Waals surface area contributed by atoms with E-state index in [1.54, 1.807) is 6.08 Å². The Bertz CT molecular complexity index is 433. The zero-order valence-corrected chi connectivity index (χ0v) is 9.50. The van der Waals surface area contributed by atoms with Gasteiger partial charge in [-0.1, -0.05) is 45.0 Å². The summed E-state index contributed by atoms with van der Waals surface area (Å²) in [5, 5.41) is 0. The summed E-state index contributed by atoms with van der Waals surface area (Å²) in [5.41, 5.74) is 3.84. The molecule has 2 rings (SSSR count). The van der Waals surface area contributed by atoms with Crippen LogP contribution in [0, 0.1) is 0 Å². The molecule has 0 atom stereocenters. The summed E-state index contributed by atoms with van der Waals surface area (Å²) in [5.74, 6) is 0.200. The molecule has 1 nitrogen and oxygen atoms in total. The normalized spacial score (nSPS) is 15.3. The highest BCUT2D eigenvalue weighted by Gasteiger charge is 2.16. The van der Waals surface area contributed by atoms with Crippen molar-refractivity contribution in [2.24, 2.45) is 0 Å². The maximum Gasteiger partial charge on any atom is 0.160 e. The molecule has 1 aromatic carbocycles. The van der Waals surface area contributed by atoms with E-state index in [-0.39, 0.29) is 11.2 Å². The molecular weight excluding hydrogens is 184 g/mol. The van der Waals surface area contributed by atoms with Gasteiger partial charge < -0.3 is 0 Å². The second-order valence-electron chi connectivity index (χ2n) is 5.14. The third-order valence-corrected chi connectivity index (χ3v) is 2.83. The number of carbonyl (C=O) groups excluding carboxylic acids is 1. The van der Waals surface area contributed by atoms with Gasteiger partial charge >= 0.3 is 0 Å². The van der Waals surface area contributed by atoms with Gasteiger partial charge in [-0.05, 0) is 28.2 Å². The van der Waals surface area contributed by atoms with Crippen molar-refractivity contribution in [3.8, 4) is 0 Å². The molecule has 0 saturated heterocycles. The van der Waals surface area contributed by atoms with Gasteiger partial charge in [-0.15, -0.1) is 0 Å². The molecule has 0 heterocycles. The first-order chi connectivity index (χ1) is 6.97. The van der Waals surface area contributed by atoms with Crippen LogP contribution in [0.15, 0.2) is 24.3 Å². The van der Waals surface area contributed by atoms with Gasteiger partial charge in [-0.2, -0.15) is 0 Å². The number of carbonyl (C=O) groups is 1. The van der Waals surface area contributed by atoms with E-state index in [1.165, 1.54) is 11.1 Å². The van der Waals surface area contributed by atoms with Gasteiger partial charge in [0.2, 0.25) is 0 Å². The number of allylic oxidation sites excluding steroid dienone is 1. The molecule has 0 aliphatic heterocycles. The molecular formula is C14H16O. The molecule has 0 bridgehead atoms. The number of hydrogen-bond donors (Lipinski definition) is 0. The molecule has 0 radical (unpaired) electrons. The van der Waals surface area contributed by atoms with E-state index in [9.17, 15) is 4.79 Å². The number of ketones is 1. The summed E-state index contributed by atoms with van der Waals surface area (Å²) in [6, 6.07) is 6.40. The summed E-state index contributed by atoms with van der Waals surface area (Å²) in [6.45, 7) is 6.60. The Kier molecular flexibility index (Phi) is 2.26. The number of rotatable bonds is 0. The van der Waals surface area contributed by atoms with E-state index < -0.39 is 0 Å². The summed E-state index contributed by atoms with van der Waals surface area (Å²) >= 11 is 0. The van der Waals surface area contributed by atoms with Crippen molar-refractivity contribution in [2.45, 2.75) is 32.6 Å². The lowest BCUT2D eigenvalue weighted by atomic mass is 9.84. The molecule has 0 saturated carbocycles. The lowest BCUT2D eigenvalue weighted by Crippen LogP contribution is -2.13. The Morgan fingerprint density at radius 3 is 2.53 bits per heavy atom. The summed E-state index contributed by atoms with van der Waals surface area (Å²) < 4.78 is 0. The van der Waals surface area contributed by atoms with Crippen LogP contribution in [-0.2, 0) is 16.6 Å². The van der Waals surface area contributed by atoms with E-state index in [2.05, 4.69) is 39.0 Å². The molecule has 1 aromatic rings. The standard InChI is InChI=1S/C14H16O/c1-14(2,3)12-6-4-11-9-13(15)7-5-10(11)8-12/h4-8H,9H2,1-3H3. The second kappa shape index (κ2) is 3.34. The Morgan fingerprint density at radius 1 is 1.13 bits per heavy atom. The topological polar surface area (TPSA) is 17.1 Å². The highest BCUT2D eigenvalue weighted by molar-refractivity contribution is 5.98. The number of benzene rings is 1. The van der Waals surface area contributed by atoms with Crippen LogP contribution in [0.2, 0.25) is 0 Å². The van der Waals surface area contributed by atoms with Crippen LogP contribution >= 0.6 is 0 Å². The van der Waals surface area contributed by atoms with Crippen molar-refractivity contribution in [1.29, 1.82) is 0 Å². The van der Waals surface area contributed by atoms with E-state index in [0.29, 0.717) is 6.42 Å². The maximum absolute atomic E-state index is 11.2. The predicted molar refractivity (Wildman–Crippen MR) is 62.9 cm³/mol. The lowest BCUT2D eigenvalue weighted by molar-refractivity contribution is -0.114. The van der Waals surface area contributed by atoms with Crippen molar-refractivity contribution < 1.29 is 4.79 Å². The quantitative estimate of drug-likeness (QED) is 0.629. The SMILES string of the molecule is CC(C)(C)c1ccc2c(c1)C=CC(=O)C2. The molecule has 78 valence electrons. The largest absolute Gasteiger partial charge is 0.294 e. The van der Waals surface area contributed by atoms with Crippen LogP contribution in [0.3, 0.4) is 0 Å². The monoisotopic (exact) mass is 200 g/mol. The summed E-state index contributed by atoms with van der Waals surface area (Å²) in [7, 11) is 0. The summed E-state index contributed by atoms with van der Waals surface area (Å²) in [6.07, 6.45) is 4.15. The van der Waals surface area contributed by atoms with Crippen LogP contribution in [0.5, 0.6) is 0 Å². The van der Waals surface area contributed by atoms with Crippen molar-refractivity contribution in [1.82, 2.24) is 0 Å². The lowest BCUT2D eigenvalue weighted by Gasteiger charge is -2.21. The molecule has 1 heteroatoms. The van der Waals surface area contributed by atoms with E-state index >= 15 is 0 Å². The van der Waals surface area contributed by atoms with Gasteiger partial charge in [0, 0.05) is 6.42 Å². The fraction of sp³-hybridized carbons (Fsp3) is 0.357. The average Bonchev–Trinajstić information content (AvgIpc) is 2.15. The Balaban J connectivity index is 2.46. The van der Waals surface area contributed by atoms with Gasteiger partial charge in [-0.25, -0.2) is 0 Å². The minimum atomic E-state index is 0.171. The van der Waals surface area contributed by atoms with Crippen LogP contribution in [0.1, 0.15) is 37.5 Å². The minimum Gasteiger partial charge on any atom is -0.294 e. The molecule has 0 amide bonds. The average molecular weight is 200 g/mol. The molecule has 0 unspecified atom stereocenters. The van der Waals surface area contributed by atoms with Crippen LogP contribution in [0.4, 0.5) is 0 Å². The van der Waals surface area contributed by atoms with Gasteiger partial charge in [0.25, 0.3) is 0 Å². The number of fused-ring (bicyclic) bond motifs is 1. The summed E-state index contributed by atoms with van der Waals surface area (Å²) in [4.78, 5) is 11.2. The molecule has 15 heavy (non-hydrogen) atoms. The molecule has 1 aliphatic rings. The zero-order chi connectivity index (χ0) is 11.1. The smallest absolute Gasteiger partial charge is 0.160 e. The van der Waals surface area contributed by atoms with E-state index in [1.807, 2.05) is 6.08 Å². The first-order valence-corrected chi connectivity index (χ1v) is 5.31. The van der Waals surface area contributed by atoms with Crippen molar-refractivity contribution in [3.63, 3.8) is 0 Å². The highest BCUT2D eigenvalue weighted by atomic mass is 16.1. The maximum atomic E-state index is 11.2. The van der Waals surface area contributed by atoms with Gasteiger partial charge in [0.1, 0.15) is 0 Å². The van der Waals surface area contributed by atoms with Gasteiger partial charge in [-0.3, -0.25) is 4.79 Å². The Labute approximate surface area is 90.8 Å². The fourth-order valence-electron chi connectivity index (χ4n) is 1.81. The predicted octanol–water partition coefficient (Wildman–Crippen LogP) is 3.12. The van der Waals surface area contributed by atoms with Gasteiger partial charge in [0.05, 0.1) is 0 Å². The van der Waals surface area contributed by atoms with Crippen LogP contribution in [0.25, 0.3) is 6.08 Å². The fourth-order valence-corrected chi connectivity index (χ4v) is 1.81. The van der Waals surface area contributed by atoms with Crippen LogP contribution in [-0.4, -0.2) is 5.78 Å². The minimum absolute atomic E-state index is 0.171. The van der Waals surface area contributed by atoms with E-state index in [0.717, 1.165) is 5.56 Å². The Morgan fingerprint density at radius 2 is 1.87 bits per heavy atom. The van der Waals surface area contributed by atoms with E-state index in [4.69, 9.17) is 0 Å². The first kappa shape index (κ1) is 10.2. The zero-order valence-electron chi connectivity index (χ0n) is 9.50. The third-order valence-electron chi connectivity index (χ3n) is 2.83. The van der Waals surface area contributed by atoms with Crippen molar-refractivity contribution in [3.05, 3.63) is 41.0 Å².